The highest BCUT2D eigenvalue weighted by Crippen LogP contribution is 2.32. The highest BCUT2D eigenvalue weighted by Gasteiger charge is 2.51. The molecule has 0 radical (unpaired) electrons. The van der Waals surface area contributed by atoms with Crippen LogP contribution in [-0.4, -0.2) is 29.3 Å². The quantitative estimate of drug-likeness (QED) is 0.685. The molecule has 0 spiro atoms. The summed E-state index contributed by atoms with van der Waals surface area (Å²) in [7, 11) is 0. The molecule has 3 rings (SSSR count). The number of carbonyl (C=O) groups excluding carboxylic acids is 3. The van der Waals surface area contributed by atoms with Crippen LogP contribution in [0.2, 0.25) is 0 Å². The molecule has 4 amide bonds. The van der Waals surface area contributed by atoms with Crippen LogP contribution in [0.25, 0.3) is 0 Å². The van der Waals surface area contributed by atoms with Gasteiger partial charge in [0.05, 0.1) is 6.04 Å². The fraction of sp³-hybridized carbons (Fsp3) is 0.348. The van der Waals surface area contributed by atoms with Crippen LogP contribution < -0.4 is 10.6 Å². The first-order chi connectivity index (χ1) is 14.3. The highest BCUT2D eigenvalue weighted by molar-refractivity contribution is 6.09. The molecule has 7 heteroatoms. The fourth-order valence-corrected chi connectivity index (χ4v) is 3.80. The maximum Gasteiger partial charge on any atom is 0.325 e. The third-order valence-electron chi connectivity index (χ3n) is 5.49. The minimum absolute atomic E-state index is 0.0292. The van der Waals surface area contributed by atoms with Crippen molar-refractivity contribution >= 4 is 17.8 Å². The summed E-state index contributed by atoms with van der Waals surface area (Å²) in [4.78, 5) is 39.4. The average Bonchev–Trinajstić information content (AvgIpc) is 2.98. The van der Waals surface area contributed by atoms with Crippen LogP contribution in [0.15, 0.2) is 54.6 Å². The SMILES string of the molecule is CCC1(c2ccccc2)NC(=O)N(CC(=O)NC(c2ccc(F)cc2)C(C)C)C1=O. The van der Waals surface area contributed by atoms with E-state index in [9.17, 15) is 18.8 Å². The van der Waals surface area contributed by atoms with E-state index in [0.29, 0.717) is 12.0 Å². The topological polar surface area (TPSA) is 78.5 Å². The lowest BCUT2D eigenvalue weighted by Gasteiger charge is -2.26. The number of nitrogens with one attached hydrogen (secondary N) is 2. The Bertz CT molecular complexity index is 930. The molecule has 2 aromatic carbocycles. The van der Waals surface area contributed by atoms with Crippen molar-refractivity contribution in [2.45, 2.75) is 38.8 Å². The van der Waals surface area contributed by atoms with Crippen molar-refractivity contribution < 1.29 is 18.8 Å². The van der Waals surface area contributed by atoms with Gasteiger partial charge < -0.3 is 10.6 Å². The predicted octanol–water partition coefficient (Wildman–Crippen LogP) is 3.50. The largest absolute Gasteiger partial charge is 0.347 e. The van der Waals surface area contributed by atoms with E-state index in [2.05, 4.69) is 10.6 Å². The Balaban J connectivity index is 1.76. The number of carbonyl (C=O) groups is 3. The number of halogens is 1. The second-order valence-corrected chi connectivity index (χ2v) is 7.79. The Morgan fingerprint density at radius 2 is 1.73 bits per heavy atom. The van der Waals surface area contributed by atoms with E-state index in [-0.39, 0.29) is 24.3 Å². The Labute approximate surface area is 175 Å². The molecule has 2 atom stereocenters. The summed E-state index contributed by atoms with van der Waals surface area (Å²) >= 11 is 0. The summed E-state index contributed by atoms with van der Waals surface area (Å²) in [5, 5.41) is 5.64. The third kappa shape index (κ3) is 4.06. The van der Waals surface area contributed by atoms with Crippen LogP contribution in [0.1, 0.15) is 44.4 Å². The van der Waals surface area contributed by atoms with Gasteiger partial charge in [0.25, 0.3) is 5.91 Å². The van der Waals surface area contributed by atoms with Crippen molar-refractivity contribution in [3.05, 3.63) is 71.5 Å². The van der Waals surface area contributed by atoms with Crippen molar-refractivity contribution in [1.29, 1.82) is 0 Å². The molecule has 1 aliphatic rings. The van der Waals surface area contributed by atoms with E-state index in [0.717, 1.165) is 10.5 Å². The Morgan fingerprint density at radius 1 is 1.10 bits per heavy atom. The van der Waals surface area contributed by atoms with Gasteiger partial charge in [0, 0.05) is 0 Å². The Kier molecular flexibility index (Phi) is 6.20. The molecule has 158 valence electrons. The zero-order chi connectivity index (χ0) is 21.9. The first-order valence-corrected chi connectivity index (χ1v) is 10.0. The summed E-state index contributed by atoms with van der Waals surface area (Å²) < 4.78 is 13.2. The molecule has 1 saturated heterocycles. The second-order valence-electron chi connectivity index (χ2n) is 7.79. The molecular formula is C23H26FN3O3. The van der Waals surface area contributed by atoms with E-state index in [4.69, 9.17) is 0 Å². The summed E-state index contributed by atoms with van der Waals surface area (Å²) in [6.45, 7) is 5.29. The molecule has 2 N–H and O–H groups in total. The molecule has 1 aliphatic heterocycles. The minimum atomic E-state index is -1.17. The molecule has 6 nitrogen and oxygen atoms in total. The van der Waals surface area contributed by atoms with E-state index in [1.807, 2.05) is 26.8 Å². The molecule has 0 bridgehead atoms. The van der Waals surface area contributed by atoms with Gasteiger partial charge in [-0.15, -0.1) is 0 Å². The zero-order valence-electron chi connectivity index (χ0n) is 17.3. The molecule has 1 fully saturated rings. The molecule has 2 aromatic rings. The number of hydrogen-bond donors (Lipinski definition) is 2. The van der Waals surface area contributed by atoms with Gasteiger partial charge in [-0.25, -0.2) is 9.18 Å². The van der Waals surface area contributed by atoms with Gasteiger partial charge >= 0.3 is 6.03 Å². The van der Waals surface area contributed by atoms with Crippen molar-refractivity contribution in [2.75, 3.05) is 6.54 Å². The standard InChI is InChI=1S/C23H26FN3O3/c1-4-23(17-8-6-5-7-9-17)21(29)27(22(30)26-23)14-19(28)25-20(15(2)3)16-10-12-18(24)13-11-16/h5-13,15,20H,4,14H2,1-3H3,(H,25,28)(H,26,30). The first kappa shape index (κ1) is 21.5. The second kappa shape index (κ2) is 8.65. The number of imide groups is 1. The predicted molar refractivity (Wildman–Crippen MR) is 111 cm³/mol. The molecule has 30 heavy (non-hydrogen) atoms. The average molecular weight is 411 g/mol. The summed E-state index contributed by atoms with van der Waals surface area (Å²) in [6.07, 6.45) is 0.365. The molecule has 2 unspecified atom stereocenters. The smallest absolute Gasteiger partial charge is 0.325 e. The molecular weight excluding hydrogens is 385 g/mol. The van der Waals surface area contributed by atoms with Crippen LogP contribution >= 0.6 is 0 Å². The highest BCUT2D eigenvalue weighted by atomic mass is 19.1. The van der Waals surface area contributed by atoms with Gasteiger partial charge in [0.2, 0.25) is 5.91 Å². The van der Waals surface area contributed by atoms with E-state index >= 15 is 0 Å². The van der Waals surface area contributed by atoms with E-state index in [1.54, 1.807) is 36.4 Å². The Hall–Kier alpha value is -3.22. The van der Waals surface area contributed by atoms with E-state index < -0.39 is 23.4 Å². The maximum absolute atomic E-state index is 13.2. The van der Waals surface area contributed by atoms with Gasteiger partial charge in [-0.2, -0.15) is 0 Å². The number of benzene rings is 2. The van der Waals surface area contributed by atoms with Crippen molar-refractivity contribution in [3.63, 3.8) is 0 Å². The first-order valence-electron chi connectivity index (χ1n) is 10.0. The van der Waals surface area contributed by atoms with Crippen LogP contribution in [0.4, 0.5) is 9.18 Å². The monoisotopic (exact) mass is 411 g/mol. The lowest BCUT2D eigenvalue weighted by atomic mass is 9.87. The van der Waals surface area contributed by atoms with Crippen LogP contribution in [0.3, 0.4) is 0 Å². The van der Waals surface area contributed by atoms with Crippen molar-refractivity contribution in [2.24, 2.45) is 5.92 Å². The number of rotatable bonds is 7. The summed E-state index contributed by atoms with van der Waals surface area (Å²) in [6, 6.07) is 14.0. The number of hydrogen-bond acceptors (Lipinski definition) is 3. The third-order valence-corrected chi connectivity index (χ3v) is 5.49. The fourth-order valence-electron chi connectivity index (χ4n) is 3.80. The van der Waals surface area contributed by atoms with Crippen molar-refractivity contribution in [3.8, 4) is 0 Å². The van der Waals surface area contributed by atoms with Gasteiger partial charge in [-0.3, -0.25) is 14.5 Å². The zero-order valence-corrected chi connectivity index (χ0v) is 17.3. The van der Waals surface area contributed by atoms with Crippen LogP contribution in [0, 0.1) is 11.7 Å². The lowest BCUT2D eigenvalue weighted by Crippen LogP contribution is -2.45. The van der Waals surface area contributed by atoms with Crippen LogP contribution in [-0.2, 0) is 15.1 Å². The van der Waals surface area contributed by atoms with Gasteiger partial charge in [0.1, 0.15) is 17.9 Å². The molecule has 0 aliphatic carbocycles. The van der Waals surface area contributed by atoms with Crippen molar-refractivity contribution in [1.82, 2.24) is 15.5 Å². The lowest BCUT2D eigenvalue weighted by molar-refractivity contribution is -0.135. The van der Waals surface area contributed by atoms with Crippen LogP contribution in [0.5, 0.6) is 0 Å². The molecule has 0 saturated carbocycles. The number of amides is 4. The normalized spacial score (nSPS) is 19.7. The molecule has 0 aromatic heterocycles. The van der Waals surface area contributed by atoms with Gasteiger partial charge in [-0.05, 0) is 35.6 Å². The molecule has 1 heterocycles. The summed E-state index contributed by atoms with van der Waals surface area (Å²) in [5.74, 6) is -1.23. The van der Waals surface area contributed by atoms with Gasteiger partial charge in [-0.1, -0.05) is 63.2 Å². The van der Waals surface area contributed by atoms with Gasteiger partial charge in [0.15, 0.2) is 0 Å². The Morgan fingerprint density at radius 3 is 2.30 bits per heavy atom. The minimum Gasteiger partial charge on any atom is -0.347 e. The number of nitrogens with zero attached hydrogens (tertiary/aromatic N) is 1. The maximum atomic E-state index is 13.2. The number of urea groups is 1. The van der Waals surface area contributed by atoms with E-state index in [1.165, 1.54) is 12.1 Å². The summed E-state index contributed by atoms with van der Waals surface area (Å²) in [5.41, 5.74) is 0.261.